The first-order valence-electron chi connectivity index (χ1n) is 13.0. The molecule has 0 bridgehead atoms. The molecular formula is C28H32N6O4S. The summed E-state index contributed by atoms with van der Waals surface area (Å²) in [7, 11) is -0.853. The van der Waals surface area contributed by atoms with Gasteiger partial charge in [0.25, 0.3) is 5.56 Å². The van der Waals surface area contributed by atoms with Gasteiger partial charge in [-0.25, -0.2) is 18.4 Å². The zero-order chi connectivity index (χ0) is 27.9. The lowest BCUT2D eigenvalue weighted by atomic mass is 10.0. The first-order chi connectivity index (χ1) is 18.6. The standard InChI is InChI=1S/C28H32N6O4S/c1-4-5-6-7-8-9-19-10-12-20(13-11-19)23-18-33-24-25(31(2)28(36)32(3)26(24)35)30-27(33)34(23)21-14-16-22(17-15-21)39(29,37)38/h10-18H,4-9H2,1-3H3,(H2,29,37,38). The molecule has 3 aromatic heterocycles. The van der Waals surface area contributed by atoms with Crippen LogP contribution in [0.25, 0.3) is 33.9 Å². The van der Waals surface area contributed by atoms with E-state index in [1.807, 2.05) is 22.9 Å². The number of sulfonamides is 1. The zero-order valence-corrected chi connectivity index (χ0v) is 23.1. The molecule has 0 radical (unpaired) electrons. The fourth-order valence-electron chi connectivity index (χ4n) is 4.99. The van der Waals surface area contributed by atoms with E-state index < -0.39 is 21.3 Å². The van der Waals surface area contributed by atoms with Crippen LogP contribution in [-0.4, -0.2) is 31.5 Å². The fraction of sp³-hybridized carbons (Fsp3) is 0.321. The predicted molar refractivity (Wildman–Crippen MR) is 152 cm³/mol. The molecule has 0 aliphatic carbocycles. The maximum absolute atomic E-state index is 13.1. The molecule has 0 fully saturated rings. The van der Waals surface area contributed by atoms with Crippen LogP contribution >= 0.6 is 0 Å². The Morgan fingerprint density at radius 3 is 2.18 bits per heavy atom. The molecular weight excluding hydrogens is 516 g/mol. The van der Waals surface area contributed by atoms with E-state index in [0.29, 0.717) is 11.5 Å². The lowest BCUT2D eigenvalue weighted by molar-refractivity contribution is 0.598. The van der Waals surface area contributed by atoms with Crippen LogP contribution in [0.15, 0.2) is 69.2 Å². The summed E-state index contributed by atoms with van der Waals surface area (Å²) in [5, 5.41) is 5.30. The molecule has 5 aromatic rings. The Morgan fingerprint density at radius 2 is 1.54 bits per heavy atom. The van der Waals surface area contributed by atoms with Crippen molar-refractivity contribution in [3.63, 3.8) is 0 Å². The lowest BCUT2D eigenvalue weighted by Gasteiger charge is -2.11. The van der Waals surface area contributed by atoms with Gasteiger partial charge >= 0.3 is 5.69 Å². The number of hydrogen-bond donors (Lipinski definition) is 1. The van der Waals surface area contributed by atoms with Gasteiger partial charge in [0, 0.05) is 31.5 Å². The highest BCUT2D eigenvalue weighted by Crippen LogP contribution is 2.30. The van der Waals surface area contributed by atoms with Crippen LogP contribution in [0.1, 0.15) is 44.6 Å². The smallest absolute Gasteiger partial charge is 0.279 e. The third-order valence-corrected chi connectivity index (χ3v) is 8.14. The van der Waals surface area contributed by atoms with Crippen LogP contribution in [0.4, 0.5) is 0 Å². The number of aryl methyl sites for hydroxylation is 2. The van der Waals surface area contributed by atoms with Gasteiger partial charge in [-0.2, -0.15) is 4.98 Å². The summed E-state index contributed by atoms with van der Waals surface area (Å²) in [6.07, 6.45) is 8.94. The number of primary sulfonamides is 1. The minimum Gasteiger partial charge on any atom is -0.279 e. The van der Waals surface area contributed by atoms with Crippen molar-refractivity contribution in [3.05, 3.63) is 81.1 Å². The second-order valence-electron chi connectivity index (χ2n) is 9.91. The molecule has 5 rings (SSSR count). The molecule has 0 saturated heterocycles. The highest BCUT2D eigenvalue weighted by Gasteiger charge is 2.22. The zero-order valence-electron chi connectivity index (χ0n) is 22.3. The molecule has 0 saturated carbocycles. The molecule has 0 amide bonds. The first kappa shape index (κ1) is 26.6. The molecule has 11 heteroatoms. The molecule has 204 valence electrons. The molecule has 39 heavy (non-hydrogen) atoms. The van der Waals surface area contributed by atoms with Crippen LogP contribution < -0.4 is 16.4 Å². The Morgan fingerprint density at radius 1 is 0.872 bits per heavy atom. The minimum absolute atomic E-state index is 0.0102. The van der Waals surface area contributed by atoms with E-state index in [9.17, 15) is 18.0 Å². The van der Waals surface area contributed by atoms with Gasteiger partial charge in [-0.15, -0.1) is 0 Å². The molecule has 0 aliphatic heterocycles. The van der Waals surface area contributed by atoms with E-state index >= 15 is 0 Å². The van der Waals surface area contributed by atoms with Crippen molar-refractivity contribution in [2.75, 3.05) is 0 Å². The highest BCUT2D eigenvalue weighted by molar-refractivity contribution is 7.89. The largest absolute Gasteiger partial charge is 0.332 e. The summed E-state index contributed by atoms with van der Waals surface area (Å²) in [4.78, 5) is 30.3. The normalized spacial score (nSPS) is 12.1. The number of nitrogens with two attached hydrogens (primary N) is 1. The molecule has 2 N–H and O–H groups in total. The number of hydrogen-bond acceptors (Lipinski definition) is 5. The highest BCUT2D eigenvalue weighted by atomic mass is 32.2. The van der Waals surface area contributed by atoms with Crippen molar-refractivity contribution in [3.8, 4) is 16.9 Å². The van der Waals surface area contributed by atoms with Crippen molar-refractivity contribution in [1.29, 1.82) is 0 Å². The third-order valence-electron chi connectivity index (χ3n) is 7.21. The van der Waals surface area contributed by atoms with Gasteiger partial charge in [-0.05, 0) is 42.7 Å². The summed E-state index contributed by atoms with van der Waals surface area (Å²) in [5.74, 6) is 0.418. The van der Waals surface area contributed by atoms with Gasteiger partial charge in [-0.1, -0.05) is 56.9 Å². The summed E-state index contributed by atoms with van der Waals surface area (Å²) in [6, 6.07) is 14.5. The molecule has 0 atom stereocenters. The Hall–Kier alpha value is -3.96. The minimum atomic E-state index is -3.86. The quantitative estimate of drug-likeness (QED) is 0.282. The van der Waals surface area contributed by atoms with E-state index in [1.165, 1.54) is 55.0 Å². The second-order valence-corrected chi connectivity index (χ2v) is 11.5. The Labute approximate surface area is 226 Å². The summed E-state index contributed by atoms with van der Waals surface area (Å²) in [5.41, 5.74) is 3.16. The van der Waals surface area contributed by atoms with Crippen molar-refractivity contribution < 1.29 is 8.42 Å². The van der Waals surface area contributed by atoms with Crippen LogP contribution in [0.5, 0.6) is 0 Å². The van der Waals surface area contributed by atoms with E-state index in [-0.39, 0.29) is 16.1 Å². The van der Waals surface area contributed by atoms with Crippen LogP contribution in [0, 0.1) is 0 Å². The predicted octanol–water partition coefficient (Wildman–Crippen LogP) is 3.50. The number of unbranched alkanes of at least 4 members (excludes halogenated alkanes) is 4. The number of rotatable bonds is 9. The van der Waals surface area contributed by atoms with E-state index in [1.54, 1.807) is 23.6 Å². The molecule has 0 unspecified atom stereocenters. The second kappa shape index (κ2) is 10.3. The molecule has 0 spiro atoms. The number of imidazole rings is 2. The Kier molecular flexibility index (Phi) is 7.04. The summed E-state index contributed by atoms with van der Waals surface area (Å²) in [6.45, 7) is 2.21. The number of nitrogens with zero attached hydrogens (tertiary/aromatic N) is 5. The van der Waals surface area contributed by atoms with Gasteiger partial charge in [0.05, 0.1) is 10.6 Å². The fourth-order valence-corrected chi connectivity index (χ4v) is 5.50. The summed E-state index contributed by atoms with van der Waals surface area (Å²) >= 11 is 0. The number of fused-ring (bicyclic) bond motifs is 3. The SMILES string of the molecule is CCCCCCCc1ccc(-c2cn3c4c(=O)n(C)c(=O)n(C)c4nc3n2-c2ccc(S(N)(=O)=O)cc2)cc1. The monoisotopic (exact) mass is 548 g/mol. The molecule has 3 heterocycles. The average molecular weight is 549 g/mol. The maximum Gasteiger partial charge on any atom is 0.332 e. The van der Waals surface area contributed by atoms with Crippen molar-refractivity contribution in [1.82, 2.24) is 23.1 Å². The van der Waals surface area contributed by atoms with E-state index in [2.05, 4.69) is 24.0 Å². The van der Waals surface area contributed by atoms with Gasteiger partial charge in [0.15, 0.2) is 11.2 Å². The molecule has 0 aliphatic rings. The molecule has 2 aromatic carbocycles. The van der Waals surface area contributed by atoms with Crippen molar-refractivity contribution in [2.45, 2.75) is 50.3 Å². The van der Waals surface area contributed by atoms with Gasteiger partial charge in [-0.3, -0.25) is 22.9 Å². The van der Waals surface area contributed by atoms with Crippen LogP contribution in [0.3, 0.4) is 0 Å². The molecule has 10 nitrogen and oxygen atoms in total. The van der Waals surface area contributed by atoms with Crippen LogP contribution in [0.2, 0.25) is 0 Å². The van der Waals surface area contributed by atoms with Crippen LogP contribution in [-0.2, 0) is 30.5 Å². The lowest BCUT2D eigenvalue weighted by Crippen LogP contribution is -2.37. The van der Waals surface area contributed by atoms with Gasteiger partial charge in [0.1, 0.15) is 0 Å². The average Bonchev–Trinajstić information content (AvgIpc) is 3.47. The topological polar surface area (TPSA) is 126 Å². The van der Waals surface area contributed by atoms with E-state index in [4.69, 9.17) is 5.14 Å². The van der Waals surface area contributed by atoms with Crippen molar-refractivity contribution in [2.24, 2.45) is 19.2 Å². The Bertz CT molecular complexity index is 1890. The van der Waals surface area contributed by atoms with Gasteiger partial charge in [0.2, 0.25) is 15.8 Å². The Balaban J connectivity index is 1.66. The number of benzene rings is 2. The maximum atomic E-state index is 13.1. The van der Waals surface area contributed by atoms with Gasteiger partial charge < -0.3 is 0 Å². The first-order valence-corrected chi connectivity index (χ1v) is 14.6. The van der Waals surface area contributed by atoms with E-state index in [0.717, 1.165) is 28.7 Å². The van der Waals surface area contributed by atoms with Crippen molar-refractivity contribution >= 4 is 27.0 Å². The number of aromatic nitrogens is 5. The third kappa shape index (κ3) is 4.83. The summed E-state index contributed by atoms with van der Waals surface area (Å²) < 4.78 is 29.6.